The number of aryl methyl sites for hydroxylation is 1. The molecule has 0 unspecified atom stereocenters. The molecular formula is C21H22N4O3. The van der Waals surface area contributed by atoms with E-state index in [1.165, 1.54) is 6.21 Å². The molecule has 0 bridgehead atoms. The van der Waals surface area contributed by atoms with E-state index >= 15 is 0 Å². The molecule has 28 heavy (non-hydrogen) atoms. The summed E-state index contributed by atoms with van der Waals surface area (Å²) >= 11 is 0. The average molecular weight is 378 g/mol. The Hall–Kier alpha value is -3.48. The largest absolute Gasteiger partial charge is 0.490 e. The molecule has 0 aliphatic heterocycles. The summed E-state index contributed by atoms with van der Waals surface area (Å²) in [5, 5.41) is 3.98. The SMILES string of the molecule is CC(C)Oc1ccccc1/C=N/NC(=O)CCc1nc2ccccc2[nH]c1=O. The van der Waals surface area contributed by atoms with Gasteiger partial charge in [0.2, 0.25) is 5.91 Å². The highest BCUT2D eigenvalue weighted by Gasteiger charge is 2.08. The highest BCUT2D eigenvalue weighted by atomic mass is 16.5. The normalized spacial score (nSPS) is 11.2. The minimum absolute atomic E-state index is 0.0386. The van der Waals surface area contributed by atoms with Crippen LogP contribution in [-0.4, -0.2) is 28.2 Å². The molecular weight excluding hydrogens is 356 g/mol. The minimum atomic E-state index is -0.298. The third-order valence-corrected chi connectivity index (χ3v) is 3.93. The number of hydrogen-bond acceptors (Lipinski definition) is 5. The molecule has 3 aromatic rings. The number of H-pyrrole nitrogens is 1. The molecule has 1 amide bonds. The average Bonchev–Trinajstić information content (AvgIpc) is 2.67. The number of carbonyl (C=O) groups is 1. The van der Waals surface area contributed by atoms with Crippen molar-refractivity contribution in [1.82, 2.24) is 15.4 Å². The van der Waals surface area contributed by atoms with Gasteiger partial charge in [-0.1, -0.05) is 24.3 Å². The van der Waals surface area contributed by atoms with Gasteiger partial charge in [-0.3, -0.25) is 9.59 Å². The number of nitrogens with zero attached hydrogens (tertiary/aromatic N) is 2. The Morgan fingerprint density at radius 1 is 1.21 bits per heavy atom. The maximum absolute atomic E-state index is 12.1. The van der Waals surface area contributed by atoms with Crippen LogP contribution in [0, 0.1) is 0 Å². The van der Waals surface area contributed by atoms with Crippen molar-refractivity contribution in [2.75, 3.05) is 0 Å². The van der Waals surface area contributed by atoms with Crippen molar-refractivity contribution in [3.05, 3.63) is 70.1 Å². The lowest BCUT2D eigenvalue weighted by atomic mass is 10.2. The van der Waals surface area contributed by atoms with Crippen molar-refractivity contribution in [2.24, 2.45) is 5.10 Å². The summed E-state index contributed by atoms with van der Waals surface area (Å²) in [6.07, 6.45) is 1.91. The van der Waals surface area contributed by atoms with E-state index in [4.69, 9.17) is 4.74 Å². The molecule has 7 nitrogen and oxygen atoms in total. The lowest BCUT2D eigenvalue weighted by molar-refractivity contribution is -0.121. The molecule has 0 saturated heterocycles. The molecule has 3 rings (SSSR count). The van der Waals surface area contributed by atoms with Gasteiger partial charge in [-0.05, 0) is 38.1 Å². The Bertz CT molecular complexity index is 1060. The molecule has 0 aliphatic rings. The highest BCUT2D eigenvalue weighted by molar-refractivity contribution is 5.85. The molecule has 0 saturated carbocycles. The van der Waals surface area contributed by atoms with Crippen molar-refractivity contribution in [3.63, 3.8) is 0 Å². The standard InChI is InChI=1S/C21H22N4O3/c1-14(2)28-19-10-6-3-7-15(19)13-22-25-20(26)12-11-18-21(27)24-17-9-5-4-8-16(17)23-18/h3-10,13-14H,11-12H2,1-2H3,(H,24,27)(H,25,26)/b22-13+. The Morgan fingerprint density at radius 2 is 1.96 bits per heavy atom. The van der Waals surface area contributed by atoms with Gasteiger partial charge in [-0.25, -0.2) is 10.4 Å². The van der Waals surface area contributed by atoms with Crippen LogP contribution in [0.25, 0.3) is 11.0 Å². The van der Waals surface area contributed by atoms with Gasteiger partial charge in [-0.15, -0.1) is 0 Å². The van der Waals surface area contributed by atoms with E-state index in [0.29, 0.717) is 22.5 Å². The van der Waals surface area contributed by atoms with E-state index in [1.807, 2.05) is 56.3 Å². The number of amides is 1. The summed E-state index contributed by atoms with van der Waals surface area (Å²) in [7, 11) is 0. The number of hydrogen-bond donors (Lipinski definition) is 2. The van der Waals surface area contributed by atoms with Crippen LogP contribution >= 0.6 is 0 Å². The number of rotatable bonds is 7. The van der Waals surface area contributed by atoms with Gasteiger partial charge >= 0.3 is 0 Å². The fourth-order valence-electron chi connectivity index (χ4n) is 2.65. The van der Waals surface area contributed by atoms with Crippen molar-refractivity contribution in [1.29, 1.82) is 0 Å². The Balaban J connectivity index is 1.59. The van der Waals surface area contributed by atoms with Crippen LogP contribution in [0.2, 0.25) is 0 Å². The van der Waals surface area contributed by atoms with E-state index in [-0.39, 0.29) is 30.4 Å². The van der Waals surface area contributed by atoms with Crippen molar-refractivity contribution < 1.29 is 9.53 Å². The fraction of sp³-hybridized carbons (Fsp3) is 0.238. The molecule has 7 heteroatoms. The first-order valence-corrected chi connectivity index (χ1v) is 9.08. The smallest absolute Gasteiger partial charge is 0.270 e. The first-order valence-electron chi connectivity index (χ1n) is 9.08. The van der Waals surface area contributed by atoms with E-state index in [9.17, 15) is 9.59 Å². The van der Waals surface area contributed by atoms with Crippen LogP contribution in [0.1, 0.15) is 31.5 Å². The predicted octanol–water partition coefficient (Wildman–Crippen LogP) is 2.79. The first kappa shape index (κ1) is 19.3. The summed E-state index contributed by atoms with van der Waals surface area (Å²) in [6, 6.07) is 14.7. The number of hydrazone groups is 1. The monoisotopic (exact) mass is 378 g/mol. The minimum Gasteiger partial charge on any atom is -0.490 e. The lowest BCUT2D eigenvalue weighted by Gasteiger charge is -2.11. The van der Waals surface area contributed by atoms with Gasteiger partial charge in [0.05, 0.1) is 23.4 Å². The molecule has 2 N–H and O–H groups in total. The van der Waals surface area contributed by atoms with Gasteiger partial charge < -0.3 is 9.72 Å². The van der Waals surface area contributed by atoms with Crippen molar-refractivity contribution in [3.8, 4) is 5.75 Å². The number of ether oxygens (including phenoxy) is 1. The van der Waals surface area contributed by atoms with Gasteiger partial charge in [0, 0.05) is 18.4 Å². The quantitative estimate of drug-likeness (QED) is 0.488. The number of carbonyl (C=O) groups excluding carboxylic acids is 1. The van der Waals surface area contributed by atoms with E-state index in [2.05, 4.69) is 20.5 Å². The number of fused-ring (bicyclic) bond motifs is 1. The summed E-state index contributed by atoms with van der Waals surface area (Å²) < 4.78 is 5.71. The van der Waals surface area contributed by atoms with Gasteiger partial charge in [0.1, 0.15) is 11.4 Å². The first-order chi connectivity index (χ1) is 13.5. The number of aromatic nitrogens is 2. The maximum atomic E-state index is 12.1. The second-order valence-corrected chi connectivity index (χ2v) is 6.53. The number of nitrogens with one attached hydrogen (secondary N) is 2. The van der Waals surface area contributed by atoms with Crippen LogP contribution in [0.5, 0.6) is 5.75 Å². The third kappa shape index (κ3) is 5.03. The van der Waals surface area contributed by atoms with Crippen LogP contribution in [0.4, 0.5) is 0 Å². The van der Waals surface area contributed by atoms with Crippen LogP contribution in [0.3, 0.4) is 0 Å². The molecule has 0 atom stereocenters. The van der Waals surface area contributed by atoms with Gasteiger partial charge in [0.15, 0.2) is 0 Å². The number of aromatic amines is 1. The van der Waals surface area contributed by atoms with E-state index in [0.717, 1.165) is 5.56 Å². The second-order valence-electron chi connectivity index (χ2n) is 6.53. The Morgan fingerprint density at radius 3 is 2.79 bits per heavy atom. The Labute approximate surface area is 162 Å². The highest BCUT2D eigenvalue weighted by Crippen LogP contribution is 2.17. The zero-order valence-corrected chi connectivity index (χ0v) is 15.8. The third-order valence-electron chi connectivity index (χ3n) is 3.93. The van der Waals surface area contributed by atoms with Crippen LogP contribution in [0.15, 0.2) is 58.4 Å². The molecule has 0 radical (unpaired) electrons. The summed E-state index contributed by atoms with van der Waals surface area (Å²) in [6.45, 7) is 3.89. The number of benzene rings is 2. The van der Waals surface area contributed by atoms with Crippen molar-refractivity contribution in [2.45, 2.75) is 32.8 Å². The van der Waals surface area contributed by atoms with Crippen LogP contribution < -0.4 is 15.7 Å². The fourth-order valence-corrected chi connectivity index (χ4v) is 2.65. The molecule has 0 spiro atoms. The number of para-hydroxylation sites is 3. The summed E-state index contributed by atoms with van der Waals surface area (Å²) in [5.74, 6) is 0.398. The molecule has 1 heterocycles. The summed E-state index contributed by atoms with van der Waals surface area (Å²) in [4.78, 5) is 31.2. The lowest BCUT2D eigenvalue weighted by Crippen LogP contribution is -2.21. The molecule has 144 valence electrons. The van der Waals surface area contributed by atoms with Gasteiger partial charge in [0.25, 0.3) is 5.56 Å². The maximum Gasteiger partial charge on any atom is 0.270 e. The zero-order valence-electron chi connectivity index (χ0n) is 15.8. The second kappa shape index (κ2) is 8.94. The molecule has 0 aliphatic carbocycles. The zero-order chi connectivity index (χ0) is 19.9. The van der Waals surface area contributed by atoms with E-state index in [1.54, 1.807) is 6.07 Å². The van der Waals surface area contributed by atoms with Crippen molar-refractivity contribution >= 4 is 23.2 Å². The predicted molar refractivity (Wildman–Crippen MR) is 109 cm³/mol. The van der Waals surface area contributed by atoms with E-state index < -0.39 is 0 Å². The van der Waals surface area contributed by atoms with Crippen LogP contribution in [-0.2, 0) is 11.2 Å². The molecule has 0 fully saturated rings. The molecule has 2 aromatic carbocycles. The topological polar surface area (TPSA) is 96.4 Å². The van der Waals surface area contributed by atoms with Gasteiger partial charge in [-0.2, -0.15) is 5.10 Å². The summed E-state index contributed by atoms with van der Waals surface area (Å²) in [5.41, 5.74) is 4.65. The molecule has 1 aromatic heterocycles. The Kier molecular flexibility index (Phi) is 6.16.